The maximum Gasteiger partial charge on any atom is 0.124 e. The van der Waals surface area contributed by atoms with Crippen LogP contribution in [0.25, 0.3) is 0 Å². The first-order valence-corrected chi connectivity index (χ1v) is 7.51. The van der Waals surface area contributed by atoms with E-state index in [4.69, 9.17) is 11.6 Å². The van der Waals surface area contributed by atoms with Crippen molar-refractivity contribution < 1.29 is 4.39 Å². The van der Waals surface area contributed by atoms with Crippen molar-refractivity contribution in [3.63, 3.8) is 0 Å². The van der Waals surface area contributed by atoms with Crippen LogP contribution in [0.3, 0.4) is 0 Å². The largest absolute Gasteiger partial charge is 0.365 e. The second-order valence-corrected chi connectivity index (χ2v) is 5.93. The first kappa shape index (κ1) is 14.4. The van der Waals surface area contributed by atoms with E-state index >= 15 is 0 Å². The molecule has 2 aromatic carbocycles. The number of nitrogens with zero attached hydrogens (tertiary/aromatic N) is 1. The topological polar surface area (TPSA) is 15.3 Å². The standard InChI is InChI=1S/C17H18ClFN2/c1-12-10-21(11-14-6-7-15(19)8-16(14)18)17-5-3-2-4-13(17)9-20-12/h2-8,12,20H,9-11H2,1H3. The summed E-state index contributed by atoms with van der Waals surface area (Å²) < 4.78 is 13.2. The van der Waals surface area contributed by atoms with Gasteiger partial charge in [0.25, 0.3) is 0 Å². The molecule has 0 fully saturated rings. The average molecular weight is 305 g/mol. The van der Waals surface area contributed by atoms with Gasteiger partial charge in [0.15, 0.2) is 0 Å². The third kappa shape index (κ3) is 3.20. The van der Waals surface area contributed by atoms with Crippen molar-refractivity contribution in [1.82, 2.24) is 5.32 Å². The Morgan fingerprint density at radius 2 is 2.10 bits per heavy atom. The van der Waals surface area contributed by atoms with Crippen LogP contribution in [-0.4, -0.2) is 12.6 Å². The highest BCUT2D eigenvalue weighted by atomic mass is 35.5. The molecule has 4 heteroatoms. The van der Waals surface area contributed by atoms with Gasteiger partial charge < -0.3 is 10.2 Å². The van der Waals surface area contributed by atoms with Gasteiger partial charge in [-0.05, 0) is 36.2 Å². The molecular formula is C17H18ClFN2. The van der Waals surface area contributed by atoms with E-state index in [9.17, 15) is 4.39 Å². The molecular weight excluding hydrogens is 287 g/mol. The maximum absolute atomic E-state index is 13.2. The SMILES string of the molecule is CC1CN(Cc2ccc(F)cc2Cl)c2ccccc2CN1. The summed E-state index contributed by atoms with van der Waals surface area (Å²) in [6.07, 6.45) is 0. The Kier molecular flexibility index (Phi) is 4.13. The summed E-state index contributed by atoms with van der Waals surface area (Å²) in [5.74, 6) is -0.296. The van der Waals surface area contributed by atoms with Gasteiger partial charge in [-0.15, -0.1) is 0 Å². The van der Waals surface area contributed by atoms with Crippen molar-refractivity contribution in [1.29, 1.82) is 0 Å². The first-order valence-electron chi connectivity index (χ1n) is 7.13. The molecule has 0 spiro atoms. The molecule has 0 aliphatic carbocycles. The Hall–Kier alpha value is -1.58. The van der Waals surface area contributed by atoms with E-state index in [2.05, 4.69) is 35.3 Å². The minimum Gasteiger partial charge on any atom is -0.365 e. The molecule has 110 valence electrons. The number of fused-ring (bicyclic) bond motifs is 1. The van der Waals surface area contributed by atoms with Crippen LogP contribution in [0.15, 0.2) is 42.5 Å². The zero-order chi connectivity index (χ0) is 14.8. The fourth-order valence-electron chi connectivity index (χ4n) is 2.75. The monoisotopic (exact) mass is 304 g/mol. The third-order valence-corrected chi connectivity index (χ3v) is 4.20. The summed E-state index contributed by atoms with van der Waals surface area (Å²) in [5.41, 5.74) is 3.44. The van der Waals surface area contributed by atoms with Gasteiger partial charge in [-0.2, -0.15) is 0 Å². The molecule has 0 radical (unpaired) electrons. The Bertz CT molecular complexity index is 644. The lowest BCUT2D eigenvalue weighted by atomic mass is 10.1. The molecule has 1 unspecified atom stereocenters. The van der Waals surface area contributed by atoms with E-state index in [1.54, 1.807) is 6.07 Å². The van der Waals surface area contributed by atoms with Gasteiger partial charge in [-0.25, -0.2) is 4.39 Å². The predicted molar refractivity (Wildman–Crippen MR) is 85.2 cm³/mol. The Balaban J connectivity index is 1.92. The lowest BCUT2D eigenvalue weighted by molar-refractivity contribution is 0.552. The highest BCUT2D eigenvalue weighted by Crippen LogP contribution is 2.27. The molecule has 0 bridgehead atoms. The van der Waals surface area contributed by atoms with E-state index in [-0.39, 0.29) is 5.82 Å². The minimum atomic E-state index is -0.296. The molecule has 21 heavy (non-hydrogen) atoms. The van der Waals surface area contributed by atoms with Crippen LogP contribution < -0.4 is 10.2 Å². The van der Waals surface area contributed by atoms with Crippen LogP contribution >= 0.6 is 11.6 Å². The number of para-hydroxylation sites is 1. The number of anilines is 1. The van der Waals surface area contributed by atoms with E-state index in [0.717, 1.165) is 18.7 Å². The summed E-state index contributed by atoms with van der Waals surface area (Å²) in [4.78, 5) is 2.30. The maximum atomic E-state index is 13.2. The van der Waals surface area contributed by atoms with Crippen LogP contribution in [0.1, 0.15) is 18.1 Å². The molecule has 1 atom stereocenters. The number of halogens is 2. The van der Waals surface area contributed by atoms with Gasteiger partial charge in [0.2, 0.25) is 0 Å². The quantitative estimate of drug-likeness (QED) is 0.903. The molecule has 0 saturated carbocycles. The first-order chi connectivity index (χ1) is 10.1. The lowest BCUT2D eigenvalue weighted by Gasteiger charge is -2.27. The van der Waals surface area contributed by atoms with E-state index in [1.165, 1.54) is 23.4 Å². The predicted octanol–water partition coefficient (Wildman–Crippen LogP) is 3.98. The second kappa shape index (κ2) is 6.04. The molecule has 3 rings (SSSR count). The zero-order valence-corrected chi connectivity index (χ0v) is 12.7. The summed E-state index contributed by atoms with van der Waals surface area (Å²) in [6.45, 7) is 4.61. The fraction of sp³-hybridized carbons (Fsp3) is 0.294. The summed E-state index contributed by atoms with van der Waals surface area (Å²) in [7, 11) is 0. The van der Waals surface area contributed by atoms with Crippen molar-refractivity contribution in [2.75, 3.05) is 11.4 Å². The molecule has 2 nitrogen and oxygen atoms in total. The van der Waals surface area contributed by atoms with Crippen LogP contribution in [0.4, 0.5) is 10.1 Å². The molecule has 2 aromatic rings. The lowest BCUT2D eigenvalue weighted by Crippen LogP contribution is -2.35. The molecule has 0 saturated heterocycles. The highest BCUT2D eigenvalue weighted by molar-refractivity contribution is 6.31. The Morgan fingerprint density at radius 3 is 2.90 bits per heavy atom. The van der Waals surface area contributed by atoms with Crippen molar-refractivity contribution in [2.45, 2.75) is 26.1 Å². The fourth-order valence-corrected chi connectivity index (χ4v) is 2.98. The Labute approximate surface area is 129 Å². The molecule has 1 aliphatic rings. The third-order valence-electron chi connectivity index (χ3n) is 3.84. The van der Waals surface area contributed by atoms with Crippen molar-refractivity contribution in [2.24, 2.45) is 0 Å². The molecule has 1 heterocycles. The van der Waals surface area contributed by atoms with Crippen molar-refractivity contribution in [3.05, 3.63) is 64.4 Å². The molecule has 0 aromatic heterocycles. The summed E-state index contributed by atoms with van der Waals surface area (Å²) >= 11 is 6.17. The smallest absolute Gasteiger partial charge is 0.124 e. The van der Waals surface area contributed by atoms with Crippen LogP contribution in [0.5, 0.6) is 0 Å². The molecule has 0 amide bonds. The zero-order valence-electron chi connectivity index (χ0n) is 11.9. The van der Waals surface area contributed by atoms with Gasteiger partial charge in [0.1, 0.15) is 5.82 Å². The second-order valence-electron chi connectivity index (χ2n) is 5.53. The van der Waals surface area contributed by atoms with Crippen LogP contribution in [-0.2, 0) is 13.1 Å². The summed E-state index contributed by atoms with van der Waals surface area (Å²) in [6, 6.07) is 13.4. The van der Waals surface area contributed by atoms with Crippen molar-refractivity contribution in [3.8, 4) is 0 Å². The Morgan fingerprint density at radius 1 is 1.29 bits per heavy atom. The van der Waals surface area contributed by atoms with Crippen LogP contribution in [0, 0.1) is 5.82 Å². The normalized spacial score (nSPS) is 18.2. The number of hydrogen-bond donors (Lipinski definition) is 1. The number of hydrogen-bond acceptors (Lipinski definition) is 2. The van der Waals surface area contributed by atoms with Gasteiger partial charge in [0, 0.05) is 36.4 Å². The number of rotatable bonds is 2. The minimum absolute atomic E-state index is 0.296. The average Bonchev–Trinajstić information content (AvgIpc) is 2.62. The van der Waals surface area contributed by atoms with Crippen molar-refractivity contribution >= 4 is 17.3 Å². The van der Waals surface area contributed by atoms with E-state index in [0.29, 0.717) is 17.6 Å². The van der Waals surface area contributed by atoms with Gasteiger partial charge in [0.05, 0.1) is 0 Å². The van der Waals surface area contributed by atoms with E-state index in [1.807, 2.05) is 6.07 Å². The van der Waals surface area contributed by atoms with Gasteiger partial charge in [-0.3, -0.25) is 0 Å². The van der Waals surface area contributed by atoms with Gasteiger partial charge >= 0.3 is 0 Å². The van der Waals surface area contributed by atoms with Gasteiger partial charge in [-0.1, -0.05) is 35.9 Å². The molecule has 1 aliphatic heterocycles. The number of benzene rings is 2. The summed E-state index contributed by atoms with van der Waals surface area (Å²) in [5, 5.41) is 3.99. The highest BCUT2D eigenvalue weighted by Gasteiger charge is 2.19. The van der Waals surface area contributed by atoms with E-state index < -0.39 is 0 Å². The molecule has 1 N–H and O–H groups in total. The number of nitrogens with one attached hydrogen (secondary N) is 1. The van der Waals surface area contributed by atoms with Crippen LogP contribution in [0.2, 0.25) is 5.02 Å².